The average molecular weight is 569 g/mol. The molecular formula is C25H31BrFN3O4S. The number of carbonyl (C=O) groups is 2. The minimum absolute atomic E-state index is 0.0474. The molecule has 0 saturated heterocycles. The quantitative estimate of drug-likeness (QED) is 0.465. The van der Waals surface area contributed by atoms with Crippen LogP contribution in [0.1, 0.15) is 44.6 Å². The number of carbonyl (C=O) groups excluding carboxylic acids is 2. The number of amides is 2. The van der Waals surface area contributed by atoms with Crippen LogP contribution in [0.3, 0.4) is 0 Å². The smallest absolute Gasteiger partial charge is 0.244 e. The van der Waals surface area contributed by atoms with E-state index >= 15 is 0 Å². The number of benzene rings is 2. The van der Waals surface area contributed by atoms with Crippen LogP contribution in [0.2, 0.25) is 0 Å². The predicted molar refractivity (Wildman–Crippen MR) is 138 cm³/mol. The molecule has 1 N–H and O–H groups in total. The monoisotopic (exact) mass is 567 g/mol. The largest absolute Gasteiger partial charge is 0.352 e. The highest BCUT2D eigenvalue weighted by Gasteiger charge is 2.33. The van der Waals surface area contributed by atoms with Gasteiger partial charge in [0.05, 0.1) is 11.9 Å². The van der Waals surface area contributed by atoms with Crippen LogP contribution in [-0.2, 0) is 26.2 Å². The summed E-state index contributed by atoms with van der Waals surface area (Å²) >= 11 is 3.34. The molecule has 0 bridgehead atoms. The van der Waals surface area contributed by atoms with Crippen molar-refractivity contribution in [1.82, 2.24) is 10.2 Å². The summed E-state index contributed by atoms with van der Waals surface area (Å²) in [6.07, 6.45) is 5.29. The summed E-state index contributed by atoms with van der Waals surface area (Å²) in [5.74, 6) is -1.19. The van der Waals surface area contributed by atoms with Crippen molar-refractivity contribution in [2.24, 2.45) is 0 Å². The normalized spacial score (nSPS) is 15.0. The van der Waals surface area contributed by atoms with E-state index in [1.165, 1.54) is 17.0 Å². The first-order chi connectivity index (χ1) is 16.6. The minimum atomic E-state index is -3.80. The molecule has 1 unspecified atom stereocenters. The number of rotatable bonds is 10. The lowest BCUT2D eigenvalue weighted by Crippen LogP contribution is -2.53. The fourth-order valence-corrected chi connectivity index (χ4v) is 5.55. The van der Waals surface area contributed by atoms with Crippen molar-refractivity contribution in [3.8, 4) is 0 Å². The Bertz CT molecular complexity index is 1140. The molecule has 0 radical (unpaired) electrons. The van der Waals surface area contributed by atoms with Crippen LogP contribution in [0.4, 0.5) is 10.1 Å². The van der Waals surface area contributed by atoms with Gasteiger partial charge in [-0.25, -0.2) is 12.8 Å². The fourth-order valence-electron chi connectivity index (χ4n) is 4.32. The number of hydrogen-bond donors (Lipinski definition) is 1. The van der Waals surface area contributed by atoms with E-state index in [9.17, 15) is 22.4 Å². The first kappa shape index (κ1) is 27.1. The highest BCUT2D eigenvalue weighted by molar-refractivity contribution is 9.10. The van der Waals surface area contributed by atoms with Gasteiger partial charge in [-0.15, -0.1) is 0 Å². The number of halogens is 2. The van der Waals surface area contributed by atoms with Crippen molar-refractivity contribution in [3.63, 3.8) is 0 Å². The van der Waals surface area contributed by atoms with Gasteiger partial charge in [0, 0.05) is 17.1 Å². The van der Waals surface area contributed by atoms with Gasteiger partial charge in [0.1, 0.15) is 18.4 Å². The van der Waals surface area contributed by atoms with Gasteiger partial charge in [-0.3, -0.25) is 13.9 Å². The van der Waals surface area contributed by atoms with Gasteiger partial charge in [-0.2, -0.15) is 0 Å². The summed E-state index contributed by atoms with van der Waals surface area (Å²) in [5.41, 5.74) is 0.973. The van der Waals surface area contributed by atoms with Crippen LogP contribution in [0.5, 0.6) is 0 Å². The second kappa shape index (κ2) is 12.0. The molecule has 0 aliphatic heterocycles. The molecule has 35 heavy (non-hydrogen) atoms. The molecule has 0 heterocycles. The van der Waals surface area contributed by atoms with Crippen molar-refractivity contribution >= 4 is 43.5 Å². The summed E-state index contributed by atoms with van der Waals surface area (Å²) < 4.78 is 40.4. The zero-order valence-electron chi connectivity index (χ0n) is 19.9. The maximum absolute atomic E-state index is 13.6. The Morgan fingerprint density at radius 2 is 1.80 bits per heavy atom. The molecule has 1 saturated carbocycles. The molecular weight excluding hydrogens is 537 g/mol. The Morgan fingerprint density at radius 1 is 1.14 bits per heavy atom. The molecule has 0 aromatic heterocycles. The second-order valence-electron chi connectivity index (χ2n) is 8.81. The highest BCUT2D eigenvalue weighted by atomic mass is 79.9. The van der Waals surface area contributed by atoms with E-state index in [1.807, 2.05) is 6.92 Å². The van der Waals surface area contributed by atoms with Crippen LogP contribution < -0.4 is 9.62 Å². The number of hydrogen-bond acceptors (Lipinski definition) is 4. The molecule has 1 fully saturated rings. The van der Waals surface area contributed by atoms with E-state index in [1.54, 1.807) is 36.4 Å². The Labute approximate surface area is 214 Å². The molecule has 1 atom stereocenters. The van der Waals surface area contributed by atoms with E-state index in [4.69, 9.17) is 0 Å². The maximum atomic E-state index is 13.6. The van der Waals surface area contributed by atoms with Crippen molar-refractivity contribution in [3.05, 3.63) is 64.4 Å². The fraction of sp³-hybridized carbons (Fsp3) is 0.440. The number of sulfonamides is 1. The van der Waals surface area contributed by atoms with E-state index in [2.05, 4.69) is 21.2 Å². The molecule has 1 aliphatic carbocycles. The SMILES string of the molecule is CCC(C(=O)NC1CCCC1)N(Cc1ccc(F)cc1)C(=O)CN(c1cccc(Br)c1)S(C)(=O)=O. The molecule has 2 aromatic rings. The molecule has 7 nitrogen and oxygen atoms in total. The van der Waals surface area contributed by atoms with E-state index in [-0.39, 0.29) is 18.5 Å². The summed E-state index contributed by atoms with van der Waals surface area (Å²) in [6.45, 7) is 1.39. The van der Waals surface area contributed by atoms with Crippen LogP contribution in [-0.4, -0.2) is 50.0 Å². The van der Waals surface area contributed by atoms with Crippen LogP contribution in [0.15, 0.2) is 53.0 Å². The third-order valence-corrected chi connectivity index (χ3v) is 7.76. The Kier molecular flexibility index (Phi) is 9.29. The molecule has 2 amide bonds. The standard InChI is InChI=1S/C25H31BrFN3O4S/c1-3-23(25(32)28-21-8-4-5-9-21)29(16-18-11-13-20(27)14-12-18)24(31)17-30(35(2,33)34)22-10-6-7-19(26)15-22/h6-7,10-15,21,23H,3-5,8-9,16-17H2,1-2H3,(H,28,32). The van der Waals surface area contributed by atoms with Crippen molar-refractivity contribution in [2.45, 2.75) is 57.7 Å². The zero-order chi connectivity index (χ0) is 25.6. The summed E-state index contributed by atoms with van der Waals surface area (Å²) in [5, 5.41) is 3.05. The van der Waals surface area contributed by atoms with Crippen molar-refractivity contribution < 1.29 is 22.4 Å². The van der Waals surface area contributed by atoms with Gasteiger partial charge >= 0.3 is 0 Å². The topological polar surface area (TPSA) is 86.8 Å². The summed E-state index contributed by atoms with van der Waals surface area (Å²) in [4.78, 5) is 28.2. The Balaban J connectivity index is 1.91. The summed E-state index contributed by atoms with van der Waals surface area (Å²) in [6, 6.07) is 11.6. The highest BCUT2D eigenvalue weighted by Crippen LogP contribution is 2.24. The predicted octanol–water partition coefficient (Wildman–Crippen LogP) is 4.22. The summed E-state index contributed by atoms with van der Waals surface area (Å²) in [7, 11) is -3.80. The lowest BCUT2D eigenvalue weighted by Gasteiger charge is -2.33. The third-order valence-electron chi connectivity index (χ3n) is 6.13. The molecule has 2 aromatic carbocycles. The van der Waals surface area contributed by atoms with Gasteiger partial charge in [0.15, 0.2) is 0 Å². The third kappa shape index (κ3) is 7.51. The molecule has 1 aliphatic rings. The molecule has 10 heteroatoms. The molecule has 3 rings (SSSR count). The Morgan fingerprint density at radius 3 is 2.37 bits per heavy atom. The van der Waals surface area contributed by atoms with E-state index in [0.29, 0.717) is 22.1 Å². The van der Waals surface area contributed by atoms with Crippen LogP contribution in [0.25, 0.3) is 0 Å². The molecule has 0 spiro atoms. The van der Waals surface area contributed by atoms with Crippen LogP contribution in [0, 0.1) is 5.82 Å². The van der Waals surface area contributed by atoms with Gasteiger partial charge < -0.3 is 10.2 Å². The molecule has 190 valence electrons. The number of nitrogens with zero attached hydrogens (tertiary/aromatic N) is 2. The van der Waals surface area contributed by atoms with Crippen LogP contribution >= 0.6 is 15.9 Å². The lowest BCUT2D eigenvalue weighted by molar-refractivity contribution is -0.140. The van der Waals surface area contributed by atoms with Crippen molar-refractivity contribution in [1.29, 1.82) is 0 Å². The van der Waals surface area contributed by atoms with Gasteiger partial charge in [0.2, 0.25) is 21.8 Å². The van der Waals surface area contributed by atoms with Gasteiger partial charge in [0.25, 0.3) is 0 Å². The van der Waals surface area contributed by atoms with Gasteiger partial charge in [-0.1, -0.05) is 53.9 Å². The van der Waals surface area contributed by atoms with E-state index < -0.39 is 34.3 Å². The lowest BCUT2D eigenvalue weighted by atomic mass is 10.1. The van der Waals surface area contributed by atoms with Gasteiger partial charge in [-0.05, 0) is 55.2 Å². The van der Waals surface area contributed by atoms with Crippen molar-refractivity contribution in [2.75, 3.05) is 17.1 Å². The first-order valence-electron chi connectivity index (χ1n) is 11.7. The second-order valence-corrected chi connectivity index (χ2v) is 11.6. The number of anilines is 1. The minimum Gasteiger partial charge on any atom is -0.352 e. The maximum Gasteiger partial charge on any atom is 0.244 e. The first-order valence-corrected chi connectivity index (χ1v) is 14.3. The Hall–Kier alpha value is -2.46. The van der Waals surface area contributed by atoms with E-state index in [0.717, 1.165) is 36.2 Å². The zero-order valence-corrected chi connectivity index (χ0v) is 22.3. The average Bonchev–Trinajstić information content (AvgIpc) is 3.30. The number of nitrogens with one attached hydrogen (secondary N) is 1.